The molecule has 0 bridgehead atoms. The van der Waals surface area contributed by atoms with E-state index in [2.05, 4.69) is 260 Å². The standard InChI is InChI=1S/C67H43NOS/c1-3-19-49(20-4-1)67(50-21-5-2-6-22-50)61-29-10-7-24-55(61)59-43-53(37-38-62(59)67)68(52-23-14-18-48(41-52)54-27-15-28-58-56-25-8-11-30-63(56)69-66(54)58)51-35-32-44(33-36-51)45-16-13-17-46(40-45)47-34-39-65-60(42-47)57-26-9-12-31-64(57)70-65/h1-43H. The molecular formula is C67H43NOS. The molecule has 70 heavy (non-hydrogen) atoms. The van der Waals surface area contributed by atoms with Gasteiger partial charge in [-0.05, 0) is 128 Å². The Kier molecular flexibility index (Phi) is 9.33. The van der Waals surface area contributed by atoms with Gasteiger partial charge in [0.05, 0.1) is 5.41 Å². The maximum absolute atomic E-state index is 6.59. The quantitative estimate of drug-likeness (QED) is 0.151. The second kappa shape index (κ2) is 16.2. The molecule has 0 saturated heterocycles. The molecule has 3 heteroatoms. The zero-order valence-electron chi connectivity index (χ0n) is 38.1. The van der Waals surface area contributed by atoms with Gasteiger partial charge in [-0.1, -0.05) is 194 Å². The number of anilines is 3. The third-order valence-corrected chi connectivity index (χ3v) is 15.7. The Labute approximate surface area is 410 Å². The summed E-state index contributed by atoms with van der Waals surface area (Å²) in [5, 5.41) is 4.87. The number of benzene rings is 11. The van der Waals surface area contributed by atoms with E-state index in [1.54, 1.807) is 0 Å². The molecule has 2 heterocycles. The highest BCUT2D eigenvalue weighted by Crippen LogP contribution is 2.57. The first-order chi connectivity index (χ1) is 34.7. The highest BCUT2D eigenvalue weighted by Gasteiger charge is 2.46. The van der Waals surface area contributed by atoms with Crippen LogP contribution in [0.15, 0.2) is 265 Å². The van der Waals surface area contributed by atoms with E-state index in [-0.39, 0.29) is 0 Å². The summed E-state index contributed by atoms with van der Waals surface area (Å²) in [4.78, 5) is 2.41. The Morgan fingerprint density at radius 2 is 0.886 bits per heavy atom. The minimum Gasteiger partial charge on any atom is -0.455 e. The van der Waals surface area contributed by atoms with Gasteiger partial charge in [-0.25, -0.2) is 0 Å². The third kappa shape index (κ3) is 6.32. The molecule has 14 rings (SSSR count). The van der Waals surface area contributed by atoms with Crippen LogP contribution in [0.5, 0.6) is 0 Å². The van der Waals surface area contributed by atoms with Gasteiger partial charge in [-0.3, -0.25) is 0 Å². The summed E-state index contributed by atoms with van der Waals surface area (Å²) in [6.45, 7) is 0. The van der Waals surface area contributed by atoms with Crippen LogP contribution in [-0.4, -0.2) is 0 Å². The number of para-hydroxylation sites is 2. The molecule has 328 valence electrons. The zero-order chi connectivity index (χ0) is 46.2. The van der Waals surface area contributed by atoms with E-state index in [1.165, 1.54) is 70.2 Å². The van der Waals surface area contributed by atoms with Crippen LogP contribution >= 0.6 is 11.3 Å². The van der Waals surface area contributed by atoms with E-state index in [9.17, 15) is 0 Å². The minimum absolute atomic E-state index is 0.484. The molecule has 0 unspecified atom stereocenters. The molecule has 13 aromatic rings. The normalized spacial score (nSPS) is 12.7. The van der Waals surface area contributed by atoms with Crippen LogP contribution in [0.4, 0.5) is 17.1 Å². The Bertz CT molecular complexity index is 4090. The molecule has 0 spiro atoms. The number of furan rings is 1. The third-order valence-electron chi connectivity index (χ3n) is 14.6. The van der Waals surface area contributed by atoms with Gasteiger partial charge >= 0.3 is 0 Å². The van der Waals surface area contributed by atoms with Crippen molar-refractivity contribution in [2.45, 2.75) is 5.41 Å². The van der Waals surface area contributed by atoms with Crippen LogP contribution in [-0.2, 0) is 5.41 Å². The predicted molar refractivity (Wildman–Crippen MR) is 295 cm³/mol. The Morgan fingerprint density at radius 3 is 1.71 bits per heavy atom. The lowest BCUT2D eigenvalue weighted by Gasteiger charge is -2.34. The fourth-order valence-electron chi connectivity index (χ4n) is 11.4. The second-order valence-electron chi connectivity index (χ2n) is 18.4. The van der Waals surface area contributed by atoms with Gasteiger partial charge in [0.15, 0.2) is 0 Å². The van der Waals surface area contributed by atoms with Crippen LogP contribution < -0.4 is 4.90 Å². The summed E-state index contributed by atoms with van der Waals surface area (Å²) in [5.74, 6) is 0. The molecule has 1 aliphatic carbocycles. The molecular weight excluding hydrogens is 867 g/mol. The minimum atomic E-state index is -0.484. The highest BCUT2D eigenvalue weighted by molar-refractivity contribution is 7.25. The molecule has 0 saturated carbocycles. The lowest BCUT2D eigenvalue weighted by Crippen LogP contribution is -2.28. The number of hydrogen-bond acceptors (Lipinski definition) is 3. The van der Waals surface area contributed by atoms with Crippen molar-refractivity contribution in [3.8, 4) is 44.5 Å². The number of thiophene rings is 1. The van der Waals surface area contributed by atoms with E-state index in [1.807, 2.05) is 17.4 Å². The summed E-state index contributed by atoms with van der Waals surface area (Å²) >= 11 is 1.86. The largest absolute Gasteiger partial charge is 0.455 e. The smallest absolute Gasteiger partial charge is 0.143 e. The van der Waals surface area contributed by atoms with Crippen molar-refractivity contribution in [3.63, 3.8) is 0 Å². The molecule has 0 fully saturated rings. The Balaban J connectivity index is 0.916. The summed E-state index contributed by atoms with van der Waals surface area (Å²) in [5.41, 5.74) is 19.0. The molecule has 2 aromatic heterocycles. The fourth-order valence-corrected chi connectivity index (χ4v) is 12.5. The van der Waals surface area contributed by atoms with Crippen molar-refractivity contribution >= 4 is 70.5 Å². The van der Waals surface area contributed by atoms with Crippen molar-refractivity contribution in [3.05, 3.63) is 283 Å². The summed E-state index contributed by atoms with van der Waals surface area (Å²) in [7, 11) is 0. The van der Waals surface area contributed by atoms with Crippen molar-refractivity contribution in [1.82, 2.24) is 0 Å². The molecule has 0 aliphatic heterocycles. The van der Waals surface area contributed by atoms with Gasteiger partial charge in [-0.2, -0.15) is 0 Å². The van der Waals surface area contributed by atoms with Crippen LogP contribution in [0.2, 0.25) is 0 Å². The first-order valence-corrected chi connectivity index (χ1v) is 24.8. The van der Waals surface area contributed by atoms with E-state index in [4.69, 9.17) is 4.42 Å². The van der Waals surface area contributed by atoms with Crippen LogP contribution in [0, 0.1) is 0 Å². The molecule has 0 radical (unpaired) electrons. The van der Waals surface area contributed by atoms with E-state index in [0.717, 1.165) is 55.7 Å². The zero-order valence-corrected chi connectivity index (χ0v) is 38.9. The van der Waals surface area contributed by atoms with E-state index >= 15 is 0 Å². The van der Waals surface area contributed by atoms with Gasteiger partial charge < -0.3 is 9.32 Å². The highest BCUT2D eigenvalue weighted by atomic mass is 32.1. The van der Waals surface area contributed by atoms with Crippen LogP contribution in [0.25, 0.3) is 86.6 Å². The predicted octanol–water partition coefficient (Wildman–Crippen LogP) is 18.8. The molecule has 0 amide bonds. The summed E-state index contributed by atoms with van der Waals surface area (Å²) < 4.78 is 9.24. The molecule has 0 N–H and O–H groups in total. The Morgan fingerprint density at radius 1 is 0.314 bits per heavy atom. The van der Waals surface area contributed by atoms with Crippen LogP contribution in [0.3, 0.4) is 0 Å². The van der Waals surface area contributed by atoms with Gasteiger partial charge in [-0.15, -0.1) is 11.3 Å². The maximum atomic E-state index is 6.59. The van der Waals surface area contributed by atoms with E-state index < -0.39 is 5.41 Å². The van der Waals surface area contributed by atoms with Crippen molar-refractivity contribution < 1.29 is 4.42 Å². The SMILES string of the molecule is c1ccc(C2(c3ccccc3)c3ccccc3-c3cc(N(c4ccc(-c5cccc(-c6ccc7sc8ccccc8c7c6)c5)cc4)c4cccc(-c5cccc6c5oc5ccccc56)c4)ccc32)cc1. The van der Waals surface area contributed by atoms with Crippen LogP contribution in [0.1, 0.15) is 22.3 Å². The monoisotopic (exact) mass is 909 g/mol. The fraction of sp³-hybridized carbons (Fsp3) is 0.0149. The lowest BCUT2D eigenvalue weighted by molar-refractivity contribution is 0.670. The van der Waals surface area contributed by atoms with Gasteiger partial charge in [0.25, 0.3) is 0 Å². The number of nitrogens with zero attached hydrogens (tertiary/aromatic N) is 1. The summed E-state index contributed by atoms with van der Waals surface area (Å²) in [6.07, 6.45) is 0. The molecule has 1 aliphatic rings. The second-order valence-corrected chi connectivity index (χ2v) is 19.4. The molecule has 0 atom stereocenters. The van der Waals surface area contributed by atoms with Gasteiger partial charge in [0.2, 0.25) is 0 Å². The first kappa shape index (κ1) is 40.3. The van der Waals surface area contributed by atoms with Crippen molar-refractivity contribution in [2.24, 2.45) is 0 Å². The van der Waals surface area contributed by atoms with E-state index in [0.29, 0.717) is 0 Å². The van der Waals surface area contributed by atoms with Crippen molar-refractivity contribution in [1.29, 1.82) is 0 Å². The van der Waals surface area contributed by atoms with Crippen molar-refractivity contribution in [2.75, 3.05) is 4.90 Å². The lowest BCUT2D eigenvalue weighted by atomic mass is 9.68. The average Bonchev–Trinajstić information content (AvgIpc) is 4.10. The summed E-state index contributed by atoms with van der Waals surface area (Å²) in [6, 6.07) is 95.5. The van der Waals surface area contributed by atoms with Gasteiger partial charge in [0, 0.05) is 53.6 Å². The van der Waals surface area contributed by atoms with Gasteiger partial charge in [0.1, 0.15) is 11.2 Å². The first-order valence-electron chi connectivity index (χ1n) is 24.0. The molecule has 11 aromatic carbocycles. The number of rotatable bonds is 8. The topological polar surface area (TPSA) is 16.4 Å². The molecule has 2 nitrogen and oxygen atoms in total. The average molecular weight is 910 g/mol. The Hall–Kier alpha value is -8.76. The number of fused-ring (bicyclic) bond motifs is 9. The maximum Gasteiger partial charge on any atom is 0.143 e. The number of hydrogen-bond donors (Lipinski definition) is 0.